The van der Waals surface area contributed by atoms with E-state index < -0.39 is 22.2 Å². The van der Waals surface area contributed by atoms with Crippen molar-refractivity contribution < 1.29 is 23.1 Å². The molecule has 2 N–H and O–H groups in total. The summed E-state index contributed by atoms with van der Waals surface area (Å²) in [6.07, 6.45) is 3.26. The third-order valence-corrected chi connectivity index (χ3v) is 4.81. The summed E-state index contributed by atoms with van der Waals surface area (Å²) < 4.78 is 32.9. The van der Waals surface area contributed by atoms with Gasteiger partial charge in [0.15, 0.2) is 0 Å². The molecule has 0 aromatic rings. The van der Waals surface area contributed by atoms with Gasteiger partial charge in [-0.05, 0) is 39.0 Å². The van der Waals surface area contributed by atoms with E-state index in [-0.39, 0.29) is 13.2 Å². The zero-order chi connectivity index (χ0) is 15.0. The highest BCUT2D eigenvalue weighted by atomic mass is 32.2. The Kier molecular flexibility index (Phi) is 7.42. The zero-order valence-corrected chi connectivity index (χ0v) is 12.7. The van der Waals surface area contributed by atoms with Crippen molar-refractivity contribution in [1.29, 1.82) is 0 Å². The molecule has 0 spiro atoms. The summed E-state index contributed by atoms with van der Waals surface area (Å²) >= 11 is 0. The molecule has 0 aromatic carbocycles. The minimum Gasteiger partial charge on any atom is -0.465 e. The molecule has 1 rings (SSSR count). The molecule has 0 aliphatic carbocycles. The lowest BCUT2D eigenvalue weighted by Crippen LogP contribution is -2.47. The Hall–Kier alpha value is -0.700. The van der Waals surface area contributed by atoms with Crippen LogP contribution in [0.1, 0.15) is 39.0 Å². The third-order valence-electron chi connectivity index (χ3n) is 3.19. The van der Waals surface area contributed by atoms with Crippen LogP contribution in [0.2, 0.25) is 0 Å². The Labute approximate surface area is 120 Å². The van der Waals surface area contributed by atoms with Gasteiger partial charge in [0.05, 0.1) is 6.61 Å². The van der Waals surface area contributed by atoms with Crippen LogP contribution < -0.4 is 4.72 Å². The summed E-state index contributed by atoms with van der Waals surface area (Å²) in [5, 5.41) is 8.65. The molecule has 0 radical (unpaired) electrons. The van der Waals surface area contributed by atoms with Crippen molar-refractivity contribution in [2.24, 2.45) is 0 Å². The van der Waals surface area contributed by atoms with Gasteiger partial charge in [-0.2, -0.15) is 12.7 Å². The van der Waals surface area contributed by atoms with Gasteiger partial charge in [-0.25, -0.2) is 4.72 Å². The lowest BCUT2D eigenvalue weighted by molar-refractivity contribution is -0.146. The fourth-order valence-corrected chi connectivity index (χ4v) is 3.66. The Morgan fingerprint density at radius 1 is 1.40 bits per heavy atom. The molecule has 0 aromatic heterocycles. The van der Waals surface area contributed by atoms with Gasteiger partial charge in [0, 0.05) is 19.7 Å². The molecular formula is C12H24N2O5S. The minimum absolute atomic E-state index is 0.115. The molecule has 8 heteroatoms. The van der Waals surface area contributed by atoms with Gasteiger partial charge in [-0.3, -0.25) is 4.79 Å². The van der Waals surface area contributed by atoms with Crippen molar-refractivity contribution in [3.05, 3.63) is 0 Å². The smallest absolute Gasteiger partial charge is 0.324 e. The number of ether oxygens (including phenoxy) is 1. The molecule has 1 fully saturated rings. The second-order valence-corrected chi connectivity index (χ2v) is 6.41. The van der Waals surface area contributed by atoms with Crippen LogP contribution in [0.3, 0.4) is 0 Å². The maximum atomic E-state index is 12.1. The second-order valence-electron chi connectivity index (χ2n) is 4.70. The predicted molar refractivity (Wildman–Crippen MR) is 74.2 cm³/mol. The molecule has 118 valence electrons. The molecule has 1 saturated heterocycles. The van der Waals surface area contributed by atoms with Crippen LogP contribution >= 0.6 is 0 Å². The number of aliphatic hydroxyl groups is 1. The van der Waals surface area contributed by atoms with Crippen molar-refractivity contribution >= 4 is 16.2 Å². The van der Waals surface area contributed by atoms with Gasteiger partial charge < -0.3 is 9.84 Å². The van der Waals surface area contributed by atoms with Gasteiger partial charge in [0.2, 0.25) is 0 Å². The standard InChI is InChI=1S/C12H24N2O5S/c1-2-19-12(16)11-7-6-9-14(11)20(17,18)13-8-4-3-5-10-15/h11,13,15H,2-10H2,1H3. The number of aliphatic hydroxyl groups excluding tert-OH is 1. The first-order valence-electron chi connectivity index (χ1n) is 7.07. The lowest BCUT2D eigenvalue weighted by Gasteiger charge is -2.22. The quantitative estimate of drug-likeness (QED) is 0.462. The van der Waals surface area contributed by atoms with E-state index in [2.05, 4.69) is 4.72 Å². The Morgan fingerprint density at radius 2 is 2.15 bits per heavy atom. The molecule has 1 aliphatic rings. The first-order valence-corrected chi connectivity index (χ1v) is 8.51. The van der Waals surface area contributed by atoms with Crippen molar-refractivity contribution in [3.8, 4) is 0 Å². The van der Waals surface area contributed by atoms with E-state index in [1.807, 2.05) is 0 Å². The van der Waals surface area contributed by atoms with Crippen LogP contribution in [0.25, 0.3) is 0 Å². The maximum absolute atomic E-state index is 12.1. The largest absolute Gasteiger partial charge is 0.465 e. The average Bonchev–Trinajstić information content (AvgIpc) is 2.89. The van der Waals surface area contributed by atoms with E-state index in [0.717, 1.165) is 6.42 Å². The highest BCUT2D eigenvalue weighted by molar-refractivity contribution is 7.87. The SMILES string of the molecule is CCOC(=O)C1CCCN1S(=O)(=O)NCCCCCO. The number of unbranched alkanes of at least 4 members (excludes halogenated alkanes) is 2. The number of nitrogens with one attached hydrogen (secondary N) is 1. The highest BCUT2D eigenvalue weighted by Crippen LogP contribution is 2.21. The molecular weight excluding hydrogens is 284 g/mol. The fourth-order valence-electron chi connectivity index (χ4n) is 2.20. The molecule has 20 heavy (non-hydrogen) atoms. The average molecular weight is 308 g/mol. The topological polar surface area (TPSA) is 95.9 Å². The monoisotopic (exact) mass is 308 g/mol. The minimum atomic E-state index is -3.64. The normalized spacial score (nSPS) is 20.2. The van der Waals surface area contributed by atoms with Crippen molar-refractivity contribution in [3.63, 3.8) is 0 Å². The van der Waals surface area contributed by atoms with Crippen LogP contribution in [-0.2, 0) is 19.7 Å². The van der Waals surface area contributed by atoms with E-state index >= 15 is 0 Å². The maximum Gasteiger partial charge on any atom is 0.324 e. The first kappa shape index (κ1) is 17.4. The number of nitrogens with zero attached hydrogens (tertiary/aromatic N) is 1. The van der Waals surface area contributed by atoms with Gasteiger partial charge >= 0.3 is 5.97 Å². The summed E-state index contributed by atoms with van der Waals surface area (Å²) in [7, 11) is -3.64. The van der Waals surface area contributed by atoms with E-state index in [9.17, 15) is 13.2 Å². The summed E-state index contributed by atoms with van der Waals surface area (Å²) in [6, 6.07) is -0.704. The van der Waals surface area contributed by atoms with E-state index in [1.165, 1.54) is 4.31 Å². The number of esters is 1. The zero-order valence-electron chi connectivity index (χ0n) is 11.9. The molecule has 0 saturated carbocycles. The molecule has 1 atom stereocenters. The van der Waals surface area contributed by atoms with Crippen LogP contribution in [0.15, 0.2) is 0 Å². The van der Waals surface area contributed by atoms with Gasteiger partial charge in [0.1, 0.15) is 6.04 Å². The van der Waals surface area contributed by atoms with Crippen LogP contribution in [0.5, 0.6) is 0 Å². The third kappa shape index (κ3) is 5.01. The number of carbonyl (C=O) groups is 1. The summed E-state index contributed by atoms with van der Waals surface area (Å²) in [4.78, 5) is 11.7. The Bertz CT molecular complexity index is 399. The molecule has 0 bridgehead atoms. The van der Waals surface area contributed by atoms with Gasteiger partial charge in [0.25, 0.3) is 10.2 Å². The molecule has 7 nitrogen and oxygen atoms in total. The second kappa shape index (κ2) is 8.56. The first-order chi connectivity index (χ1) is 9.53. The van der Waals surface area contributed by atoms with Gasteiger partial charge in [-0.1, -0.05) is 0 Å². The molecule has 1 aliphatic heterocycles. The number of hydrogen-bond acceptors (Lipinski definition) is 5. The predicted octanol–water partition coefficient (Wildman–Crippen LogP) is 0.0109. The fraction of sp³-hybridized carbons (Fsp3) is 0.917. The molecule has 1 heterocycles. The highest BCUT2D eigenvalue weighted by Gasteiger charge is 2.39. The van der Waals surface area contributed by atoms with Crippen molar-refractivity contribution in [2.75, 3.05) is 26.3 Å². The van der Waals surface area contributed by atoms with Crippen LogP contribution in [0, 0.1) is 0 Å². The Balaban J connectivity index is 2.50. The molecule has 1 unspecified atom stereocenters. The van der Waals surface area contributed by atoms with Crippen LogP contribution in [-0.4, -0.2) is 56.1 Å². The van der Waals surface area contributed by atoms with Crippen molar-refractivity contribution in [2.45, 2.75) is 45.1 Å². The Morgan fingerprint density at radius 3 is 2.80 bits per heavy atom. The van der Waals surface area contributed by atoms with E-state index in [0.29, 0.717) is 38.8 Å². The lowest BCUT2D eigenvalue weighted by atomic mass is 10.2. The number of rotatable bonds is 9. The number of hydrogen-bond donors (Lipinski definition) is 2. The van der Waals surface area contributed by atoms with Gasteiger partial charge in [-0.15, -0.1) is 0 Å². The summed E-state index contributed by atoms with van der Waals surface area (Å²) in [5.41, 5.74) is 0. The van der Waals surface area contributed by atoms with E-state index in [4.69, 9.17) is 9.84 Å². The van der Waals surface area contributed by atoms with E-state index in [1.54, 1.807) is 6.92 Å². The summed E-state index contributed by atoms with van der Waals surface area (Å²) in [5.74, 6) is -0.476. The van der Waals surface area contributed by atoms with Crippen molar-refractivity contribution in [1.82, 2.24) is 9.03 Å². The van der Waals surface area contributed by atoms with Crippen LogP contribution in [0.4, 0.5) is 0 Å². The summed E-state index contributed by atoms with van der Waals surface area (Å²) in [6.45, 7) is 2.72. The number of carbonyl (C=O) groups excluding carboxylic acids is 1. The molecule has 0 amide bonds.